The number of nitrogens with one attached hydrogen (secondary N) is 1. The van der Waals surface area contributed by atoms with Crippen molar-refractivity contribution in [2.75, 3.05) is 5.43 Å². The minimum absolute atomic E-state index is 0.721. The summed E-state index contributed by atoms with van der Waals surface area (Å²) in [7, 11) is 0. The van der Waals surface area contributed by atoms with Crippen LogP contribution in [0.5, 0.6) is 0 Å². The molecule has 0 saturated carbocycles. The van der Waals surface area contributed by atoms with Gasteiger partial charge in [-0.2, -0.15) is 0 Å². The fourth-order valence-electron chi connectivity index (χ4n) is 1.50. The monoisotopic (exact) mass is 198 g/mol. The first kappa shape index (κ1) is 9.40. The highest BCUT2D eigenvalue weighted by atomic mass is 16.3. The Morgan fingerprint density at radius 2 is 1.53 bits per heavy atom. The van der Waals surface area contributed by atoms with Gasteiger partial charge in [0.15, 0.2) is 0 Å². The number of hydrogen-bond donors (Lipinski definition) is 1. The van der Waals surface area contributed by atoms with Crippen LogP contribution in [0.3, 0.4) is 0 Å². The zero-order valence-electron chi connectivity index (χ0n) is 8.05. The van der Waals surface area contributed by atoms with Gasteiger partial charge >= 0.3 is 0 Å². The molecule has 3 nitrogen and oxygen atoms in total. The molecule has 0 bridgehead atoms. The molecule has 0 spiro atoms. The fraction of sp³-hybridized carbons (Fsp3) is 0. The number of anilines is 1. The van der Waals surface area contributed by atoms with Gasteiger partial charge in [-0.05, 0) is 11.6 Å². The lowest BCUT2D eigenvalue weighted by Crippen LogP contribution is -1.89. The predicted molar refractivity (Wildman–Crippen MR) is 61.3 cm³/mol. The van der Waals surface area contributed by atoms with Crippen LogP contribution in [-0.4, -0.2) is 0 Å². The number of benzene rings is 2. The van der Waals surface area contributed by atoms with Crippen LogP contribution in [0.1, 0.15) is 0 Å². The standard InChI is InChI=1S/C12H10N2O/c15-14-13-12-9-5-4-8-11(12)10-6-2-1-3-7-10/h1-9H,(H,13,15). The zero-order valence-corrected chi connectivity index (χ0v) is 8.05. The molecule has 0 aromatic heterocycles. The fourth-order valence-corrected chi connectivity index (χ4v) is 1.50. The molecule has 74 valence electrons. The van der Waals surface area contributed by atoms with Crippen molar-refractivity contribution in [3.8, 4) is 11.1 Å². The van der Waals surface area contributed by atoms with Crippen LogP contribution in [-0.2, 0) is 0 Å². The molecular weight excluding hydrogens is 188 g/mol. The average Bonchev–Trinajstić information content (AvgIpc) is 2.31. The molecule has 0 aliphatic carbocycles. The van der Waals surface area contributed by atoms with E-state index in [1.165, 1.54) is 0 Å². The smallest absolute Gasteiger partial charge is 0.0672 e. The summed E-state index contributed by atoms with van der Waals surface area (Å²) < 4.78 is 0. The number of nitrogens with zero attached hydrogens (tertiary/aromatic N) is 1. The normalized spacial score (nSPS) is 9.60. The second-order valence-corrected chi connectivity index (χ2v) is 3.11. The number of nitroso groups, excluding NO2 is 1. The van der Waals surface area contributed by atoms with Gasteiger partial charge in [0.2, 0.25) is 0 Å². The van der Waals surface area contributed by atoms with E-state index in [2.05, 4.69) is 10.7 Å². The van der Waals surface area contributed by atoms with Gasteiger partial charge in [-0.1, -0.05) is 48.5 Å². The van der Waals surface area contributed by atoms with Gasteiger partial charge in [-0.25, -0.2) is 5.43 Å². The van der Waals surface area contributed by atoms with Gasteiger partial charge in [0, 0.05) is 5.56 Å². The van der Waals surface area contributed by atoms with Gasteiger partial charge in [-0.3, -0.25) is 0 Å². The molecule has 0 aliphatic heterocycles. The average molecular weight is 198 g/mol. The molecule has 0 heterocycles. The third-order valence-electron chi connectivity index (χ3n) is 2.18. The molecular formula is C12H10N2O. The Kier molecular flexibility index (Phi) is 2.74. The minimum atomic E-state index is 0.721. The molecule has 15 heavy (non-hydrogen) atoms. The Bertz CT molecular complexity index is 454. The van der Waals surface area contributed by atoms with E-state index >= 15 is 0 Å². The highest BCUT2D eigenvalue weighted by Gasteiger charge is 2.02. The van der Waals surface area contributed by atoms with Crippen molar-refractivity contribution in [3.05, 3.63) is 59.5 Å². The Morgan fingerprint density at radius 1 is 0.867 bits per heavy atom. The van der Waals surface area contributed by atoms with Crippen molar-refractivity contribution in [2.24, 2.45) is 5.29 Å². The van der Waals surface area contributed by atoms with Crippen molar-refractivity contribution >= 4 is 5.69 Å². The van der Waals surface area contributed by atoms with Crippen LogP contribution in [0.2, 0.25) is 0 Å². The maximum Gasteiger partial charge on any atom is 0.0672 e. The molecule has 3 heteroatoms. The van der Waals surface area contributed by atoms with Gasteiger partial charge < -0.3 is 0 Å². The molecule has 2 aromatic rings. The van der Waals surface area contributed by atoms with Crippen LogP contribution in [0.15, 0.2) is 59.9 Å². The van der Waals surface area contributed by atoms with E-state index < -0.39 is 0 Å². The van der Waals surface area contributed by atoms with E-state index in [0.717, 1.165) is 16.8 Å². The van der Waals surface area contributed by atoms with Crippen molar-refractivity contribution < 1.29 is 0 Å². The molecule has 0 unspecified atom stereocenters. The van der Waals surface area contributed by atoms with Crippen molar-refractivity contribution in [1.29, 1.82) is 0 Å². The lowest BCUT2D eigenvalue weighted by Gasteiger charge is -2.06. The molecule has 2 aromatic carbocycles. The Labute approximate surface area is 87.7 Å². The van der Waals surface area contributed by atoms with Crippen molar-refractivity contribution in [1.82, 2.24) is 0 Å². The molecule has 0 radical (unpaired) electrons. The largest absolute Gasteiger partial charge is 0.242 e. The lowest BCUT2D eigenvalue weighted by atomic mass is 10.0. The summed E-state index contributed by atoms with van der Waals surface area (Å²) in [5.74, 6) is 0. The minimum Gasteiger partial charge on any atom is -0.242 e. The summed E-state index contributed by atoms with van der Waals surface area (Å²) in [6.45, 7) is 0. The van der Waals surface area contributed by atoms with Crippen LogP contribution in [0.25, 0.3) is 11.1 Å². The molecule has 0 saturated heterocycles. The zero-order chi connectivity index (χ0) is 10.5. The topological polar surface area (TPSA) is 41.5 Å². The van der Waals surface area contributed by atoms with E-state index in [9.17, 15) is 4.91 Å². The summed E-state index contributed by atoms with van der Waals surface area (Å²) >= 11 is 0. The maximum absolute atomic E-state index is 10.2. The SMILES string of the molecule is O=NNc1ccccc1-c1ccccc1. The highest BCUT2D eigenvalue weighted by Crippen LogP contribution is 2.27. The highest BCUT2D eigenvalue weighted by molar-refractivity contribution is 5.77. The third kappa shape index (κ3) is 2.02. The lowest BCUT2D eigenvalue weighted by molar-refractivity contribution is 1.32. The van der Waals surface area contributed by atoms with Crippen LogP contribution < -0.4 is 5.43 Å². The van der Waals surface area contributed by atoms with E-state index in [0.29, 0.717) is 0 Å². The quantitative estimate of drug-likeness (QED) is 0.606. The first-order valence-electron chi connectivity index (χ1n) is 4.64. The van der Waals surface area contributed by atoms with E-state index in [-0.39, 0.29) is 0 Å². The summed E-state index contributed by atoms with van der Waals surface area (Å²) in [5.41, 5.74) is 5.19. The maximum atomic E-state index is 10.2. The van der Waals surface area contributed by atoms with Gasteiger partial charge in [0.1, 0.15) is 0 Å². The number of para-hydroxylation sites is 1. The second kappa shape index (κ2) is 4.37. The summed E-state index contributed by atoms with van der Waals surface area (Å²) in [6, 6.07) is 17.4. The van der Waals surface area contributed by atoms with Crippen LogP contribution in [0, 0.1) is 4.91 Å². The Hall–Kier alpha value is -2.16. The molecule has 2 rings (SSSR count). The summed E-state index contributed by atoms with van der Waals surface area (Å²) in [5, 5.41) is 2.69. The van der Waals surface area contributed by atoms with Gasteiger partial charge in [0.25, 0.3) is 0 Å². The van der Waals surface area contributed by atoms with Crippen molar-refractivity contribution in [3.63, 3.8) is 0 Å². The first-order valence-corrected chi connectivity index (χ1v) is 4.64. The Morgan fingerprint density at radius 3 is 2.27 bits per heavy atom. The number of hydrogen-bond acceptors (Lipinski definition) is 2. The van der Waals surface area contributed by atoms with E-state index in [1.807, 2.05) is 54.6 Å². The molecule has 0 amide bonds. The van der Waals surface area contributed by atoms with E-state index in [1.54, 1.807) is 0 Å². The second-order valence-electron chi connectivity index (χ2n) is 3.11. The number of rotatable bonds is 3. The summed E-state index contributed by atoms with van der Waals surface area (Å²) in [4.78, 5) is 10.2. The Balaban J connectivity index is 2.48. The van der Waals surface area contributed by atoms with E-state index in [4.69, 9.17) is 0 Å². The van der Waals surface area contributed by atoms with Gasteiger partial charge in [0.05, 0.1) is 11.0 Å². The first-order chi connectivity index (χ1) is 7.42. The van der Waals surface area contributed by atoms with Crippen LogP contribution >= 0.6 is 0 Å². The predicted octanol–water partition coefficient (Wildman–Crippen LogP) is 3.45. The summed E-state index contributed by atoms with van der Waals surface area (Å²) in [6.07, 6.45) is 0. The van der Waals surface area contributed by atoms with Gasteiger partial charge in [-0.15, -0.1) is 4.91 Å². The molecule has 0 atom stereocenters. The van der Waals surface area contributed by atoms with Crippen molar-refractivity contribution in [2.45, 2.75) is 0 Å². The third-order valence-corrected chi connectivity index (χ3v) is 2.18. The van der Waals surface area contributed by atoms with Crippen LogP contribution in [0.4, 0.5) is 5.69 Å². The molecule has 0 aliphatic rings. The molecule has 1 N–H and O–H groups in total. The molecule has 0 fully saturated rings.